The highest BCUT2D eigenvalue weighted by Crippen LogP contribution is 2.48. The molecule has 0 aliphatic rings. The van der Waals surface area contributed by atoms with Crippen LogP contribution < -0.4 is 10.00 Å². The summed E-state index contributed by atoms with van der Waals surface area (Å²) >= 11 is 0. The fourth-order valence-corrected chi connectivity index (χ4v) is 3.17. The van der Waals surface area contributed by atoms with Crippen molar-refractivity contribution in [3.8, 4) is 0 Å². The second kappa shape index (κ2) is 5.77. The number of hydrogen-bond donors (Lipinski definition) is 2. The van der Waals surface area contributed by atoms with Crippen LogP contribution in [-0.4, -0.2) is 34.8 Å². The normalized spacial score (nSPS) is 17.8. The maximum absolute atomic E-state index is 11.6. The summed E-state index contributed by atoms with van der Waals surface area (Å²) in [6.45, 7) is 2.36. The zero-order valence-electron chi connectivity index (χ0n) is 9.38. The van der Waals surface area contributed by atoms with Gasteiger partial charge in [0.25, 0.3) is 0 Å². The van der Waals surface area contributed by atoms with Gasteiger partial charge >= 0.3 is 0 Å². The Bertz CT molecular complexity index is 288. The van der Waals surface area contributed by atoms with E-state index < -0.39 is 37.4 Å². The lowest BCUT2D eigenvalue weighted by molar-refractivity contribution is -0.305. The van der Waals surface area contributed by atoms with Crippen LogP contribution in [0.25, 0.3) is 0 Å². The average molecular weight is 252 g/mol. The standard InChI is InChI=1S/C9H19O6P/c1-9(2,6-10)8(13)16(14,15)5-3-4-7(11)12/h8,10,13H,3-6H2,1-2H3,(H,11,12)(H,14,15)/p-2. The first-order chi connectivity index (χ1) is 7.13. The number of aliphatic carboxylic acids is 1. The molecule has 0 saturated carbocycles. The molecule has 6 nitrogen and oxygen atoms in total. The molecule has 0 aliphatic carbocycles. The molecule has 7 heteroatoms. The number of rotatable bonds is 7. The van der Waals surface area contributed by atoms with Crippen LogP contribution in [0.5, 0.6) is 0 Å². The van der Waals surface area contributed by atoms with Crippen molar-refractivity contribution in [2.75, 3.05) is 12.8 Å². The highest BCUT2D eigenvalue weighted by Gasteiger charge is 2.34. The maximum Gasteiger partial charge on any atom is 0.101 e. The topological polar surface area (TPSA) is 121 Å². The molecule has 0 bridgehead atoms. The van der Waals surface area contributed by atoms with E-state index in [4.69, 9.17) is 5.11 Å². The molecule has 0 rings (SSSR count). The number of carboxylic acids is 1. The summed E-state index contributed by atoms with van der Waals surface area (Å²) in [5, 5.41) is 28.6. The molecule has 0 aromatic heterocycles. The second-order valence-corrected chi connectivity index (χ2v) is 6.83. The van der Waals surface area contributed by atoms with Crippen molar-refractivity contribution in [2.24, 2.45) is 5.41 Å². The fourth-order valence-electron chi connectivity index (χ4n) is 1.18. The van der Waals surface area contributed by atoms with Crippen molar-refractivity contribution in [1.29, 1.82) is 0 Å². The van der Waals surface area contributed by atoms with Gasteiger partial charge in [-0.05, 0) is 19.0 Å². The summed E-state index contributed by atoms with van der Waals surface area (Å²) in [6.07, 6.45) is -0.869. The third-order valence-corrected chi connectivity index (χ3v) is 4.71. The molecule has 2 atom stereocenters. The molecule has 96 valence electrons. The minimum Gasteiger partial charge on any atom is -0.798 e. The van der Waals surface area contributed by atoms with Crippen molar-refractivity contribution in [1.82, 2.24) is 0 Å². The molecule has 0 heterocycles. The Morgan fingerprint density at radius 3 is 2.38 bits per heavy atom. The number of aliphatic hydroxyl groups excluding tert-OH is 2. The maximum atomic E-state index is 11.6. The Morgan fingerprint density at radius 1 is 1.50 bits per heavy atom. The molecule has 2 N–H and O–H groups in total. The summed E-state index contributed by atoms with van der Waals surface area (Å²) in [7, 11) is -4.12. The lowest BCUT2D eigenvalue weighted by Crippen LogP contribution is -2.36. The van der Waals surface area contributed by atoms with Crippen LogP contribution in [0.15, 0.2) is 0 Å². The third kappa shape index (κ3) is 4.61. The van der Waals surface area contributed by atoms with Gasteiger partial charge in [0.1, 0.15) is 5.85 Å². The average Bonchev–Trinajstić information content (AvgIpc) is 2.15. The largest absolute Gasteiger partial charge is 0.798 e. The van der Waals surface area contributed by atoms with Crippen molar-refractivity contribution in [3.05, 3.63) is 0 Å². The minimum atomic E-state index is -4.12. The summed E-state index contributed by atoms with van der Waals surface area (Å²) in [5.74, 6) is -3.00. The first-order valence-electron chi connectivity index (χ1n) is 4.92. The van der Waals surface area contributed by atoms with E-state index in [9.17, 15) is 24.5 Å². The molecular formula is C9H17O6P-2. The molecule has 0 aliphatic heterocycles. The SMILES string of the molecule is CC(C)(CO)C(O)P(=O)([O-])CCCC(=O)[O-]. The quantitative estimate of drug-likeness (QED) is 0.531. The van der Waals surface area contributed by atoms with E-state index in [1.165, 1.54) is 13.8 Å². The van der Waals surface area contributed by atoms with Crippen LogP contribution >= 0.6 is 7.37 Å². The van der Waals surface area contributed by atoms with Crippen LogP contribution in [0.2, 0.25) is 0 Å². The van der Waals surface area contributed by atoms with Gasteiger partial charge in [0, 0.05) is 18.8 Å². The smallest absolute Gasteiger partial charge is 0.101 e. The molecule has 0 aromatic rings. The van der Waals surface area contributed by atoms with E-state index in [0.29, 0.717) is 0 Å². The van der Waals surface area contributed by atoms with Gasteiger partial charge in [-0.3, -0.25) is 0 Å². The molecule has 2 unspecified atom stereocenters. The van der Waals surface area contributed by atoms with Crippen molar-refractivity contribution in [3.63, 3.8) is 0 Å². The highest BCUT2D eigenvalue weighted by atomic mass is 31.2. The molecule has 0 saturated heterocycles. The molecule has 16 heavy (non-hydrogen) atoms. The highest BCUT2D eigenvalue weighted by molar-refractivity contribution is 7.57. The van der Waals surface area contributed by atoms with Gasteiger partial charge in [-0.15, -0.1) is 0 Å². The van der Waals surface area contributed by atoms with Gasteiger partial charge in [-0.25, -0.2) is 0 Å². The number of carbonyl (C=O) groups excluding carboxylic acids is 1. The van der Waals surface area contributed by atoms with Gasteiger partial charge in [0.2, 0.25) is 0 Å². The van der Waals surface area contributed by atoms with Crippen LogP contribution in [0.4, 0.5) is 0 Å². The number of aliphatic hydroxyl groups is 2. The Labute approximate surface area is 94.4 Å². The van der Waals surface area contributed by atoms with Crippen LogP contribution in [0, 0.1) is 5.41 Å². The van der Waals surface area contributed by atoms with E-state index >= 15 is 0 Å². The van der Waals surface area contributed by atoms with E-state index in [-0.39, 0.29) is 12.8 Å². The third-order valence-electron chi connectivity index (χ3n) is 2.33. The lowest BCUT2D eigenvalue weighted by Gasteiger charge is -2.38. The van der Waals surface area contributed by atoms with Gasteiger partial charge in [-0.2, -0.15) is 0 Å². The Hall–Kier alpha value is -0.420. The molecule has 0 amide bonds. The Balaban J connectivity index is 4.43. The van der Waals surface area contributed by atoms with Crippen LogP contribution in [0.3, 0.4) is 0 Å². The molecule has 0 aromatic carbocycles. The molecule has 0 spiro atoms. The summed E-state index contributed by atoms with van der Waals surface area (Å²) in [5.41, 5.74) is -1.15. The predicted octanol–water partition coefficient (Wildman–Crippen LogP) is -1.51. The van der Waals surface area contributed by atoms with Crippen molar-refractivity contribution in [2.45, 2.75) is 32.5 Å². The number of carbonyl (C=O) groups is 1. The van der Waals surface area contributed by atoms with E-state index in [2.05, 4.69) is 0 Å². The monoisotopic (exact) mass is 252 g/mol. The zero-order chi connectivity index (χ0) is 13.0. The van der Waals surface area contributed by atoms with E-state index in [1.807, 2.05) is 0 Å². The second-order valence-electron chi connectivity index (χ2n) is 4.45. The molecular weight excluding hydrogens is 235 g/mol. The predicted molar refractivity (Wildman–Crippen MR) is 53.6 cm³/mol. The number of carboxylic acid groups (broad SMARTS) is 1. The van der Waals surface area contributed by atoms with E-state index in [0.717, 1.165) is 0 Å². The van der Waals surface area contributed by atoms with E-state index in [1.54, 1.807) is 0 Å². The molecule has 0 radical (unpaired) electrons. The van der Waals surface area contributed by atoms with Crippen molar-refractivity contribution >= 4 is 13.3 Å². The molecule has 0 fully saturated rings. The first kappa shape index (κ1) is 15.6. The van der Waals surface area contributed by atoms with Crippen LogP contribution in [0.1, 0.15) is 26.7 Å². The van der Waals surface area contributed by atoms with Crippen LogP contribution in [-0.2, 0) is 9.36 Å². The van der Waals surface area contributed by atoms with Gasteiger partial charge in [0.15, 0.2) is 0 Å². The van der Waals surface area contributed by atoms with Gasteiger partial charge in [-0.1, -0.05) is 13.8 Å². The lowest BCUT2D eigenvalue weighted by atomic mass is 9.96. The fraction of sp³-hybridized carbons (Fsp3) is 0.889. The number of hydrogen-bond acceptors (Lipinski definition) is 6. The summed E-state index contributed by atoms with van der Waals surface area (Å²) in [4.78, 5) is 21.7. The minimum absolute atomic E-state index is 0.0956. The first-order valence-corrected chi connectivity index (χ1v) is 6.80. The Morgan fingerprint density at radius 2 is 2.00 bits per heavy atom. The Kier molecular flexibility index (Phi) is 5.62. The summed E-state index contributed by atoms with van der Waals surface area (Å²) < 4.78 is 11.6. The van der Waals surface area contributed by atoms with Gasteiger partial charge < -0.3 is 29.6 Å². The zero-order valence-corrected chi connectivity index (χ0v) is 10.3. The van der Waals surface area contributed by atoms with Gasteiger partial charge in [0.05, 0.1) is 6.61 Å². The summed E-state index contributed by atoms with van der Waals surface area (Å²) in [6, 6.07) is 0. The van der Waals surface area contributed by atoms with Crippen molar-refractivity contribution < 1.29 is 29.6 Å².